The molecule has 9 heteroatoms. The van der Waals surface area contributed by atoms with Crippen LogP contribution in [-0.4, -0.2) is 23.5 Å². The summed E-state index contributed by atoms with van der Waals surface area (Å²) in [5.74, 6) is -0.972. The highest BCUT2D eigenvalue weighted by Gasteiger charge is 2.31. The van der Waals surface area contributed by atoms with Gasteiger partial charge in [0.2, 0.25) is 0 Å². The number of carbonyl (C=O) groups is 2. The smallest absolute Gasteiger partial charge is 0.416 e. The average molecular weight is 398 g/mol. The Kier molecular flexibility index (Phi) is 5.50. The number of thiazole rings is 1. The van der Waals surface area contributed by atoms with E-state index in [1.54, 1.807) is 6.92 Å². The summed E-state index contributed by atoms with van der Waals surface area (Å²) in [4.78, 5) is 29.4. The Morgan fingerprint density at radius 3 is 2.63 bits per heavy atom. The van der Waals surface area contributed by atoms with E-state index in [4.69, 9.17) is 4.74 Å². The van der Waals surface area contributed by atoms with Crippen LogP contribution in [0, 0.1) is 5.92 Å². The second-order valence-electron chi connectivity index (χ2n) is 6.11. The van der Waals surface area contributed by atoms with E-state index in [0.29, 0.717) is 31.0 Å². The van der Waals surface area contributed by atoms with E-state index in [0.717, 1.165) is 34.8 Å². The van der Waals surface area contributed by atoms with Crippen molar-refractivity contribution < 1.29 is 27.5 Å². The summed E-state index contributed by atoms with van der Waals surface area (Å²) < 4.78 is 42.8. The first-order chi connectivity index (χ1) is 12.8. The molecule has 2 aromatic rings. The van der Waals surface area contributed by atoms with Crippen LogP contribution in [0.1, 0.15) is 39.8 Å². The summed E-state index contributed by atoms with van der Waals surface area (Å²) in [6.07, 6.45) is -2.67. The Morgan fingerprint density at radius 1 is 1.30 bits per heavy atom. The van der Waals surface area contributed by atoms with Gasteiger partial charge in [-0.2, -0.15) is 13.2 Å². The minimum Gasteiger partial charge on any atom is -0.466 e. The molecular formula is C18H17F3N2O3S. The Bertz CT molecular complexity index is 847. The molecule has 1 aromatic carbocycles. The van der Waals surface area contributed by atoms with Crippen molar-refractivity contribution in [2.45, 2.75) is 32.4 Å². The van der Waals surface area contributed by atoms with Crippen molar-refractivity contribution in [1.29, 1.82) is 0 Å². The van der Waals surface area contributed by atoms with E-state index in [1.807, 2.05) is 0 Å². The highest BCUT2D eigenvalue weighted by Crippen LogP contribution is 2.33. The molecule has 1 atom stereocenters. The van der Waals surface area contributed by atoms with Crippen molar-refractivity contribution in [3.8, 4) is 0 Å². The van der Waals surface area contributed by atoms with Crippen LogP contribution in [0.3, 0.4) is 0 Å². The molecular weight excluding hydrogens is 381 g/mol. The van der Waals surface area contributed by atoms with E-state index >= 15 is 0 Å². The molecule has 0 bridgehead atoms. The predicted molar refractivity (Wildman–Crippen MR) is 93.7 cm³/mol. The Labute approximate surface area is 157 Å². The molecule has 1 aliphatic carbocycles. The fraction of sp³-hybridized carbons (Fsp3) is 0.389. The zero-order valence-corrected chi connectivity index (χ0v) is 15.2. The molecule has 0 saturated heterocycles. The van der Waals surface area contributed by atoms with Crippen molar-refractivity contribution in [1.82, 2.24) is 4.98 Å². The third kappa shape index (κ3) is 4.47. The van der Waals surface area contributed by atoms with Crippen LogP contribution in [0.2, 0.25) is 0 Å². The fourth-order valence-electron chi connectivity index (χ4n) is 2.87. The van der Waals surface area contributed by atoms with Crippen molar-refractivity contribution in [2.75, 3.05) is 11.9 Å². The van der Waals surface area contributed by atoms with Gasteiger partial charge < -0.3 is 4.74 Å². The number of anilines is 1. The molecule has 1 N–H and O–H groups in total. The first-order valence-electron chi connectivity index (χ1n) is 8.41. The van der Waals surface area contributed by atoms with Crippen molar-refractivity contribution in [3.05, 3.63) is 46.0 Å². The minimum atomic E-state index is -4.45. The number of esters is 1. The molecule has 1 heterocycles. The highest BCUT2D eigenvalue weighted by molar-refractivity contribution is 7.15. The number of rotatable bonds is 4. The van der Waals surface area contributed by atoms with Gasteiger partial charge in [0.05, 0.1) is 23.8 Å². The van der Waals surface area contributed by atoms with Gasteiger partial charge in [0.25, 0.3) is 5.91 Å². The summed E-state index contributed by atoms with van der Waals surface area (Å²) >= 11 is 1.27. The number of benzene rings is 1. The first-order valence-corrected chi connectivity index (χ1v) is 9.23. The Morgan fingerprint density at radius 2 is 2.00 bits per heavy atom. The Hall–Kier alpha value is -2.42. The molecule has 1 unspecified atom stereocenters. The summed E-state index contributed by atoms with van der Waals surface area (Å²) in [7, 11) is 0. The normalized spacial score (nSPS) is 16.5. The molecule has 0 fully saturated rings. The van der Waals surface area contributed by atoms with Crippen LogP contribution in [-0.2, 0) is 28.5 Å². The van der Waals surface area contributed by atoms with Gasteiger partial charge in [-0.15, -0.1) is 11.3 Å². The number of hydrogen-bond acceptors (Lipinski definition) is 5. The van der Waals surface area contributed by atoms with Gasteiger partial charge in [-0.3, -0.25) is 14.9 Å². The van der Waals surface area contributed by atoms with Gasteiger partial charge in [0, 0.05) is 10.4 Å². The lowest BCUT2D eigenvalue weighted by Crippen LogP contribution is -2.24. The maximum absolute atomic E-state index is 12.6. The number of carbonyl (C=O) groups excluding carboxylic acids is 2. The van der Waals surface area contributed by atoms with Gasteiger partial charge in [0.1, 0.15) is 0 Å². The largest absolute Gasteiger partial charge is 0.466 e. The molecule has 27 heavy (non-hydrogen) atoms. The third-order valence-corrected chi connectivity index (χ3v) is 5.29. The molecule has 5 nitrogen and oxygen atoms in total. The molecule has 1 amide bonds. The van der Waals surface area contributed by atoms with Crippen LogP contribution >= 0.6 is 11.3 Å². The van der Waals surface area contributed by atoms with Gasteiger partial charge in [-0.05, 0) is 50.5 Å². The highest BCUT2D eigenvalue weighted by atomic mass is 32.1. The van der Waals surface area contributed by atoms with Crippen molar-refractivity contribution in [2.24, 2.45) is 5.92 Å². The number of aryl methyl sites for hydroxylation is 1. The molecule has 0 aliphatic heterocycles. The van der Waals surface area contributed by atoms with Crippen LogP contribution in [0.15, 0.2) is 24.3 Å². The lowest BCUT2D eigenvalue weighted by molar-refractivity contribution is -0.148. The second kappa shape index (κ2) is 7.67. The number of ether oxygens (including phenoxy) is 1. The molecule has 3 rings (SSSR count). The number of nitrogens with one attached hydrogen (secondary N) is 1. The van der Waals surface area contributed by atoms with Gasteiger partial charge in [-0.25, -0.2) is 4.98 Å². The lowest BCUT2D eigenvalue weighted by Gasteiger charge is -2.18. The van der Waals surface area contributed by atoms with E-state index < -0.39 is 17.6 Å². The number of alkyl halides is 3. The summed E-state index contributed by atoms with van der Waals surface area (Å²) in [5, 5.41) is 2.98. The van der Waals surface area contributed by atoms with E-state index in [2.05, 4.69) is 10.3 Å². The zero-order valence-electron chi connectivity index (χ0n) is 14.4. The maximum atomic E-state index is 12.6. The molecule has 1 aromatic heterocycles. The number of fused-ring (bicyclic) bond motifs is 1. The van der Waals surface area contributed by atoms with Crippen molar-refractivity contribution in [3.63, 3.8) is 0 Å². The average Bonchev–Trinajstić information content (AvgIpc) is 3.02. The third-order valence-electron chi connectivity index (χ3n) is 4.25. The summed E-state index contributed by atoms with van der Waals surface area (Å²) in [6.45, 7) is 2.09. The SMILES string of the molecule is CCOC(=O)C1CCc2nc(NC(=O)c3ccc(C(F)(F)F)cc3)sc2C1. The zero-order chi connectivity index (χ0) is 19.6. The van der Waals surface area contributed by atoms with Crippen molar-refractivity contribution >= 4 is 28.3 Å². The lowest BCUT2D eigenvalue weighted by atomic mass is 9.91. The van der Waals surface area contributed by atoms with E-state index in [9.17, 15) is 22.8 Å². The monoisotopic (exact) mass is 398 g/mol. The standard InChI is InChI=1S/C18H17F3N2O3S/c1-2-26-16(25)11-5-8-13-14(9-11)27-17(22-13)23-15(24)10-3-6-12(7-4-10)18(19,20)21/h3-4,6-7,11H,2,5,8-9H2,1H3,(H,22,23,24). The number of hydrogen-bond donors (Lipinski definition) is 1. The van der Waals surface area contributed by atoms with Gasteiger partial charge in [0.15, 0.2) is 5.13 Å². The second-order valence-corrected chi connectivity index (χ2v) is 7.19. The molecule has 0 spiro atoms. The maximum Gasteiger partial charge on any atom is 0.416 e. The van der Waals surface area contributed by atoms with Gasteiger partial charge in [-0.1, -0.05) is 0 Å². The quantitative estimate of drug-likeness (QED) is 0.788. The number of nitrogens with zero attached hydrogens (tertiary/aromatic N) is 1. The van der Waals surface area contributed by atoms with Crippen LogP contribution in [0.25, 0.3) is 0 Å². The molecule has 0 radical (unpaired) electrons. The molecule has 144 valence electrons. The van der Waals surface area contributed by atoms with Crippen LogP contribution in [0.4, 0.5) is 18.3 Å². The number of halogens is 3. The van der Waals surface area contributed by atoms with Gasteiger partial charge >= 0.3 is 12.1 Å². The van der Waals surface area contributed by atoms with E-state index in [-0.39, 0.29) is 17.5 Å². The molecule has 0 saturated carbocycles. The number of aromatic nitrogens is 1. The fourth-order valence-corrected chi connectivity index (χ4v) is 3.95. The molecule has 1 aliphatic rings. The first kappa shape index (κ1) is 19.3. The summed E-state index contributed by atoms with van der Waals surface area (Å²) in [6, 6.07) is 3.99. The Balaban J connectivity index is 1.67. The van der Waals surface area contributed by atoms with Crippen LogP contribution < -0.4 is 5.32 Å². The van der Waals surface area contributed by atoms with Crippen LogP contribution in [0.5, 0.6) is 0 Å². The minimum absolute atomic E-state index is 0.112. The summed E-state index contributed by atoms with van der Waals surface area (Å²) in [5.41, 5.74) is 0.137. The van der Waals surface area contributed by atoms with E-state index in [1.165, 1.54) is 11.3 Å². The topological polar surface area (TPSA) is 68.3 Å². The predicted octanol–water partition coefficient (Wildman–Crippen LogP) is 4.08. The number of amides is 1.